The number of hydrogen-bond donors (Lipinski definition) is 0. The average molecular weight is 426 g/mol. The first kappa shape index (κ1) is 17.7. The van der Waals surface area contributed by atoms with Crippen molar-refractivity contribution in [2.75, 3.05) is 13.9 Å². The highest BCUT2D eigenvalue weighted by molar-refractivity contribution is 9.10. The van der Waals surface area contributed by atoms with Crippen molar-refractivity contribution in [3.05, 3.63) is 87.7 Å². The highest BCUT2D eigenvalue weighted by atomic mass is 79.9. The number of aromatic nitrogens is 1. The lowest BCUT2D eigenvalue weighted by atomic mass is 9.77. The maximum absolute atomic E-state index is 11.9. The van der Waals surface area contributed by atoms with Crippen LogP contribution < -0.4 is 4.74 Å². The molecule has 2 bridgehead atoms. The zero-order valence-corrected chi connectivity index (χ0v) is 16.1. The Kier molecular flexibility index (Phi) is 4.92. The largest absolute Gasteiger partial charge is 0.465 e. The fourth-order valence-electron chi connectivity index (χ4n) is 3.06. The number of allylic oxidation sites excluding steroid dienone is 2. The number of halogens is 1. The van der Waals surface area contributed by atoms with Crippen molar-refractivity contribution >= 4 is 27.5 Å². The molecule has 1 atom stereocenters. The number of methoxy groups -OCH3 is 1. The third kappa shape index (κ3) is 3.46. The summed E-state index contributed by atoms with van der Waals surface area (Å²) in [7, 11) is 1.30. The minimum absolute atomic E-state index is 0.00524. The third-order valence-electron chi connectivity index (χ3n) is 4.40. The molecule has 0 spiro atoms. The van der Waals surface area contributed by atoms with Gasteiger partial charge in [0.15, 0.2) is 18.2 Å². The minimum atomic E-state index is -0.563. The van der Waals surface area contributed by atoms with Crippen molar-refractivity contribution in [3.8, 4) is 5.75 Å². The average Bonchev–Trinajstić information content (AvgIpc) is 2.71. The number of rotatable bonds is 6. The Morgan fingerprint density at radius 2 is 1.96 bits per heavy atom. The number of nitrogens with zero attached hydrogens (tertiary/aromatic N) is 1. The van der Waals surface area contributed by atoms with E-state index in [1.165, 1.54) is 7.11 Å². The van der Waals surface area contributed by atoms with Crippen LogP contribution in [0.1, 0.15) is 16.1 Å². The van der Waals surface area contributed by atoms with Crippen LogP contribution in [0.5, 0.6) is 5.75 Å². The molecule has 0 fully saturated rings. The van der Waals surface area contributed by atoms with Crippen LogP contribution in [0.3, 0.4) is 0 Å². The van der Waals surface area contributed by atoms with E-state index >= 15 is 0 Å². The topological polar surface area (TPSA) is 57.7 Å². The Morgan fingerprint density at radius 1 is 1.15 bits per heavy atom. The minimum Gasteiger partial charge on any atom is -0.465 e. The van der Waals surface area contributed by atoms with Gasteiger partial charge in [-0.3, -0.25) is 0 Å². The molecule has 5 nitrogen and oxygen atoms in total. The molecule has 6 heteroatoms. The van der Waals surface area contributed by atoms with Crippen molar-refractivity contribution < 1.29 is 19.0 Å². The quantitative estimate of drug-likeness (QED) is 0.391. The van der Waals surface area contributed by atoms with Crippen LogP contribution >= 0.6 is 15.9 Å². The molecule has 4 rings (SSSR count). The van der Waals surface area contributed by atoms with E-state index in [1.54, 1.807) is 12.1 Å². The van der Waals surface area contributed by atoms with Gasteiger partial charge in [0, 0.05) is 0 Å². The van der Waals surface area contributed by atoms with E-state index in [4.69, 9.17) is 14.2 Å². The van der Waals surface area contributed by atoms with E-state index < -0.39 is 5.97 Å². The molecule has 0 amide bonds. The van der Waals surface area contributed by atoms with Gasteiger partial charge in [-0.2, -0.15) is 0 Å². The summed E-state index contributed by atoms with van der Waals surface area (Å²) in [6, 6.07) is 13.5. The smallest absolute Gasteiger partial charge is 0.360 e. The van der Waals surface area contributed by atoms with Crippen molar-refractivity contribution in [1.29, 1.82) is 0 Å². The number of benzene rings is 1. The van der Waals surface area contributed by atoms with E-state index in [2.05, 4.69) is 51.3 Å². The number of hydrogen-bond acceptors (Lipinski definition) is 5. The molecule has 136 valence electrons. The summed E-state index contributed by atoms with van der Waals surface area (Å²) in [6.45, 7) is -0.00524. The Hall–Kier alpha value is -2.70. The lowest BCUT2D eigenvalue weighted by Gasteiger charge is -2.34. The van der Waals surface area contributed by atoms with Gasteiger partial charge in [0.2, 0.25) is 0 Å². The third-order valence-corrected chi connectivity index (χ3v) is 4.84. The van der Waals surface area contributed by atoms with E-state index in [-0.39, 0.29) is 18.6 Å². The van der Waals surface area contributed by atoms with Gasteiger partial charge in [0.05, 0.1) is 7.11 Å². The number of carbonyl (C=O) groups excluding carboxylic acids is 1. The van der Waals surface area contributed by atoms with Crippen LogP contribution in [0.2, 0.25) is 0 Å². The highest BCUT2D eigenvalue weighted by Crippen LogP contribution is 2.42. The number of carbonyl (C=O) groups is 1. The molecular formula is C21H16BrNO4. The summed E-state index contributed by atoms with van der Waals surface area (Å²) in [5, 5.41) is 0. The maximum atomic E-state index is 11.9. The second-order valence-corrected chi connectivity index (χ2v) is 6.81. The molecule has 1 aromatic heterocycles. The predicted octanol–water partition coefficient (Wildman–Crippen LogP) is 4.32. The molecule has 0 saturated heterocycles. The van der Waals surface area contributed by atoms with Crippen molar-refractivity contribution in [3.63, 3.8) is 0 Å². The van der Waals surface area contributed by atoms with Crippen LogP contribution in [-0.2, 0) is 9.47 Å². The Morgan fingerprint density at radius 3 is 2.70 bits per heavy atom. The highest BCUT2D eigenvalue weighted by Gasteiger charge is 2.33. The van der Waals surface area contributed by atoms with Crippen LogP contribution in [0.4, 0.5) is 0 Å². The first-order valence-electron chi connectivity index (χ1n) is 8.36. The van der Waals surface area contributed by atoms with Gasteiger partial charge in [-0.15, -0.1) is 0 Å². The molecule has 1 aromatic carbocycles. The molecule has 0 aliphatic heterocycles. The Bertz CT molecular complexity index is 976. The summed E-state index contributed by atoms with van der Waals surface area (Å²) >= 11 is 3.24. The lowest BCUT2D eigenvalue weighted by Crippen LogP contribution is -2.30. The van der Waals surface area contributed by atoms with E-state index in [0.717, 1.165) is 22.3 Å². The molecule has 2 aromatic rings. The summed E-state index contributed by atoms with van der Waals surface area (Å²) in [5.41, 5.74) is 4.64. The molecule has 0 saturated carbocycles. The molecule has 27 heavy (non-hydrogen) atoms. The van der Waals surface area contributed by atoms with Gasteiger partial charge >= 0.3 is 5.97 Å². The van der Waals surface area contributed by atoms with Crippen LogP contribution in [0.15, 0.2) is 76.4 Å². The summed E-state index contributed by atoms with van der Waals surface area (Å²) in [5.74, 6) is -0.247. The number of ether oxygens (including phenoxy) is 3. The SMILES string of the molecule is COC(=O)c1nc(Br)ccc1OCOC1c2ccc(-c3ccccc3)c1c2. The first-order chi connectivity index (χ1) is 13.2. The summed E-state index contributed by atoms with van der Waals surface area (Å²) < 4.78 is 16.8. The van der Waals surface area contributed by atoms with Crippen LogP contribution in [0, 0.1) is 0 Å². The molecular weight excluding hydrogens is 410 g/mol. The standard InChI is InChI=1S/C21H16BrNO4/c1-25-21(24)19-17(9-10-18(22)23-19)26-12-27-20-14-7-8-15(16(20)11-14)13-5-3-2-4-6-13/h2-11,20H,12H2,1H3. The van der Waals surface area contributed by atoms with Crippen LogP contribution in [-0.4, -0.2) is 31.0 Å². The van der Waals surface area contributed by atoms with E-state index in [9.17, 15) is 4.79 Å². The second-order valence-electron chi connectivity index (χ2n) is 5.99. The summed E-state index contributed by atoms with van der Waals surface area (Å²) in [6.07, 6.45) is 6.15. The molecule has 1 unspecified atom stereocenters. The maximum Gasteiger partial charge on any atom is 0.360 e. The van der Waals surface area contributed by atoms with E-state index in [0.29, 0.717) is 10.4 Å². The Labute approximate surface area is 165 Å². The lowest BCUT2D eigenvalue weighted by molar-refractivity contribution is -0.00905. The van der Waals surface area contributed by atoms with Crippen molar-refractivity contribution in [1.82, 2.24) is 4.98 Å². The zero-order valence-electron chi connectivity index (χ0n) is 14.5. The molecule has 0 N–H and O–H groups in total. The molecule has 0 radical (unpaired) electrons. The number of pyridine rings is 1. The number of fused-ring (bicyclic) bond motifs is 2. The number of esters is 1. The molecule has 2 aliphatic rings. The monoisotopic (exact) mass is 425 g/mol. The first-order valence-corrected chi connectivity index (χ1v) is 9.15. The van der Waals surface area contributed by atoms with E-state index in [1.807, 2.05) is 18.2 Å². The van der Waals surface area contributed by atoms with Gasteiger partial charge in [-0.25, -0.2) is 9.78 Å². The van der Waals surface area contributed by atoms with Gasteiger partial charge in [-0.05, 0) is 56.4 Å². The van der Waals surface area contributed by atoms with Crippen LogP contribution in [0.25, 0.3) is 5.57 Å². The predicted molar refractivity (Wildman–Crippen MR) is 104 cm³/mol. The van der Waals surface area contributed by atoms with Gasteiger partial charge in [0.25, 0.3) is 0 Å². The van der Waals surface area contributed by atoms with Gasteiger partial charge < -0.3 is 14.2 Å². The molecule has 2 aliphatic carbocycles. The van der Waals surface area contributed by atoms with Gasteiger partial charge in [-0.1, -0.05) is 42.5 Å². The Balaban J connectivity index is 1.42. The normalized spacial score (nSPS) is 17.3. The molecule has 1 heterocycles. The fraction of sp³-hybridized carbons (Fsp3) is 0.143. The second kappa shape index (κ2) is 7.50. The summed E-state index contributed by atoms with van der Waals surface area (Å²) in [4.78, 5) is 16.0. The van der Waals surface area contributed by atoms with Gasteiger partial charge in [0.1, 0.15) is 10.7 Å². The van der Waals surface area contributed by atoms with Crippen molar-refractivity contribution in [2.24, 2.45) is 0 Å². The van der Waals surface area contributed by atoms with Crippen molar-refractivity contribution in [2.45, 2.75) is 6.10 Å². The zero-order chi connectivity index (χ0) is 18.8. The fourth-order valence-corrected chi connectivity index (χ4v) is 3.37.